The summed E-state index contributed by atoms with van der Waals surface area (Å²) in [6.45, 7) is 4.24. The van der Waals surface area contributed by atoms with Crippen LogP contribution in [0.3, 0.4) is 0 Å². The molecule has 0 radical (unpaired) electrons. The van der Waals surface area contributed by atoms with Crippen molar-refractivity contribution in [1.29, 1.82) is 0 Å². The number of aryl methyl sites for hydroxylation is 1. The lowest BCUT2D eigenvalue weighted by Gasteiger charge is -2.15. The number of ether oxygens (including phenoxy) is 1. The van der Waals surface area contributed by atoms with Gasteiger partial charge in [0.2, 0.25) is 5.56 Å². The van der Waals surface area contributed by atoms with E-state index in [-0.39, 0.29) is 17.5 Å². The Balaban J connectivity index is 1.85. The average molecular weight is 286 g/mol. The number of pyridine rings is 1. The molecule has 1 aromatic carbocycles. The summed E-state index contributed by atoms with van der Waals surface area (Å²) in [4.78, 5) is 25.3. The van der Waals surface area contributed by atoms with Crippen molar-refractivity contribution in [2.24, 2.45) is 0 Å². The molecule has 1 unspecified atom stereocenters. The van der Waals surface area contributed by atoms with Crippen LogP contribution in [0, 0.1) is 6.92 Å². The van der Waals surface area contributed by atoms with Crippen molar-refractivity contribution in [1.82, 2.24) is 10.3 Å². The number of rotatable bonds is 5. The molecule has 0 saturated carbocycles. The molecule has 1 amide bonds. The van der Waals surface area contributed by atoms with E-state index in [9.17, 15) is 9.59 Å². The van der Waals surface area contributed by atoms with Crippen LogP contribution < -0.4 is 15.6 Å². The summed E-state index contributed by atoms with van der Waals surface area (Å²) in [6.07, 6.45) is 1.39. The van der Waals surface area contributed by atoms with Crippen LogP contribution in [0.25, 0.3) is 0 Å². The fraction of sp³-hybridized carbons (Fsp3) is 0.250. The molecule has 1 aromatic heterocycles. The van der Waals surface area contributed by atoms with E-state index < -0.39 is 0 Å². The van der Waals surface area contributed by atoms with E-state index in [1.807, 2.05) is 38.1 Å². The van der Waals surface area contributed by atoms with Crippen molar-refractivity contribution < 1.29 is 9.53 Å². The van der Waals surface area contributed by atoms with Gasteiger partial charge in [-0.15, -0.1) is 0 Å². The van der Waals surface area contributed by atoms with Gasteiger partial charge in [-0.05, 0) is 32.0 Å². The SMILES string of the molecule is Cc1ccc(OCC(C)NC(=O)c2ccc(=O)[nH]c2)cc1. The normalized spacial score (nSPS) is 11.7. The average Bonchev–Trinajstić information content (AvgIpc) is 2.47. The second kappa shape index (κ2) is 6.74. The van der Waals surface area contributed by atoms with Gasteiger partial charge in [0.1, 0.15) is 12.4 Å². The number of nitrogens with one attached hydrogen (secondary N) is 2. The van der Waals surface area contributed by atoms with Crippen LogP contribution in [-0.4, -0.2) is 23.5 Å². The summed E-state index contributed by atoms with van der Waals surface area (Å²) < 4.78 is 5.61. The first kappa shape index (κ1) is 14.8. The molecule has 0 fully saturated rings. The van der Waals surface area contributed by atoms with E-state index in [4.69, 9.17) is 4.74 Å². The van der Waals surface area contributed by atoms with Crippen molar-refractivity contribution in [3.8, 4) is 5.75 Å². The fourth-order valence-corrected chi connectivity index (χ4v) is 1.76. The third kappa shape index (κ3) is 4.49. The van der Waals surface area contributed by atoms with Crippen molar-refractivity contribution in [2.75, 3.05) is 6.61 Å². The number of aromatic amines is 1. The Morgan fingerprint density at radius 3 is 2.57 bits per heavy atom. The summed E-state index contributed by atoms with van der Waals surface area (Å²) in [7, 11) is 0. The third-order valence-corrected chi connectivity index (χ3v) is 2.94. The Kier molecular flexibility index (Phi) is 4.77. The number of aromatic nitrogens is 1. The first-order valence-corrected chi connectivity index (χ1v) is 6.73. The van der Waals surface area contributed by atoms with Gasteiger partial charge in [0.05, 0.1) is 11.6 Å². The first-order chi connectivity index (χ1) is 10.0. The zero-order chi connectivity index (χ0) is 15.2. The molecule has 0 spiro atoms. The number of hydrogen-bond acceptors (Lipinski definition) is 3. The number of carbonyl (C=O) groups is 1. The molecule has 0 aliphatic carbocycles. The van der Waals surface area contributed by atoms with Gasteiger partial charge in [-0.3, -0.25) is 9.59 Å². The Bertz CT molecular complexity index is 641. The van der Waals surface area contributed by atoms with Gasteiger partial charge in [0.25, 0.3) is 5.91 Å². The fourth-order valence-electron chi connectivity index (χ4n) is 1.76. The summed E-state index contributed by atoms with van der Waals surface area (Å²) in [6, 6.07) is 10.4. The molecule has 110 valence electrons. The van der Waals surface area contributed by atoms with Crippen molar-refractivity contribution in [3.05, 3.63) is 64.1 Å². The molecular weight excluding hydrogens is 268 g/mol. The van der Waals surface area contributed by atoms with E-state index in [0.717, 1.165) is 5.75 Å². The van der Waals surface area contributed by atoms with E-state index in [0.29, 0.717) is 12.2 Å². The van der Waals surface area contributed by atoms with Crippen LogP contribution in [0.2, 0.25) is 0 Å². The lowest BCUT2D eigenvalue weighted by molar-refractivity contribution is 0.0926. The van der Waals surface area contributed by atoms with E-state index >= 15 is 0 Å². The van der Waals surface area contributed by atoms with Crippen molar-refractivity contribution in [2.45, 2.75) is 19.9 Å². The maximum Gasteiger partial charge on any atom is 0.253 e. The van der Waals surface area contributed by atoms with Gasteiger partial charge >= 0.3 is 0 Å². The molecule has 5 nitrogen and oxygen atoms in total. The lowest BCUT2D eigenvalue weighted by atomic mass is 10.2. The van der Waals surface area contributed by atoms with Crippen LogP contribution in [0.15, 0.2) is 47.4 Å². The molecule has 1 heterocycles. The maximum absolute atomic E-state index is 11.9. The quantitative estimate of drug-likeness (QED) is 0.881. The summed E-state index contributed by atoms with van der Waals surface area (Å²) in [5, 5.41) is 2.81. The lowest BCUT2D eigenvalue weighted by Crippen LogP contribution is -2.37. The molecule has 2 aromatic rings. The van der Waals surface area contributed by atoms with E-state index in [2.05, 4.69) is 10.3 Å². The van der Waals surface area contributed by atoms with Gasteiger partial charge in [0, 0.05) is 12.3 Å². The highest BCUT2D eigenvalue weighted by atomic mass is 16.5. The molecule has 21 heavy (non-hydrogen) atoms. The second-order valence-corrected chi connectivity index (χ2v) is 4.94. The van der Waals surface area contributed by atoms with Gasteiger partial charge in [-0.1, -0.05) is 17.7 Å². The largest absolute Gasteiger partial charge is 0.491 e. The highest BCUT2D eigenvalue weighted by Crippen LogP contribution is 2.11. The summed E-state index contributed by atoms with van der Waals surface area (Å²) in [5.74, 6) is 0.525. The van der Waals surface area contributed by atoms with Crippen LogP contribution in [0.1, 0.15) is 22.8 Å². The Morgan fingerprint density at radius 2 is 1.95 bits per heavy atom. The predicted molar refractivity (Wildman–Crippen MR) is 80.7 cm³/mol. The van der Waals surface area contributed by atoms with E-state index in [1.54, 1.807) is 0 Å². The zero-order valence-electron chi connectivity index (χ0n) is 12.1. The van der Waals surface area contributed by atoms with Crippen molar-refractivity contribution >= 4 is 5.91 Å². The van der Waals surface area contributed by atoms with Crippen LogP contribution in [0.5, 0.6) is 5.75 Å². The standard InChI is InChI=1S/C16H18N2O3/c1-11-3-6-14(7-4-11)21-10-12(2)18-16(20)13-5-8-15(19)17-9-13/h3-9,12H,10H2,1-2H3,(H,17,19)(H,18,20). The monoisotopic (exact) mass is 286 g/mol. The van der Waals surface area contributed by atoms with Crippen LogP contribution in [-0.2, 0) is 0 Å². The number of benzene rings is 1. The summed E-state index contributed by atoms with van der Waals surface area (Å²) in [5.41, 5.74) is 1.35. The highest BCUT2D eigenvalue weighted by Gasteiger charge is 2.10. The number of hydrogen-bond donors (Lipinski definition) is 2. The van der Waals surface area contributed by atoms with Gasteiger partial charge < -0.3 is 15.0 Å². The predicted octanol–water partition coefficient (Wildman–Crippen LogP) is 1.88. The van der Waals surface area contributed by atoms with Crippen LogP contribution in [0.4, 0.5) is 0 Å². The molecule has 0 aliphatic heterocycles. The van der Waals surface area contributed by atoms with Gasteiger partial charge in [0.15, 0.2) is 0 Å². The minimum Gasteiger partial charge on any atom is -0.491 e. The van der Waals surface area contributed by atoms with Crippen molar-refractivity contribution in [3.63, 3.8) is 0 Å². The molecule has 1 atom stereocenters. The minimum absolute atomic E-state index is 0.147. The number of amides is 1. The molecule has 2 N–H and O–H groups in total. The molecule has 0 bridgehead atoms. The second-order valence-electron chi connectivity index (χ2n) is 4.94. The number of H-pyrrole nitrogens is 1. The Labute approximate surface area is 123 Å². The maximum atomic E-state index is 11.9. The molecule has 0 saturated heterocycles. The first-order valence-electron chi connectivity index (χ1n) is 6.73. The Morgan fingerprint density at radius 1 is 1.24 bits per heavy atom. The topological polar surface area (TPSA) is 71.2 Å². The Hall–Kier alpha value is -2.56. The molecule has 2 rings (SSSR count). The number of carbonyl (C=O) groups excluding carboxylic acids is 1. The summed E-state index contributed by atoms with van der Waals surface area (Å²) >= 11 is 0. The smallest absolute Gasteiger partial charge is 0.253 e. The molecule has 5 heteroatoms. The van der Waals surface area contributed by atoms with Gasteiger partial charge in [-0.25, -0.2) is 0 Å². The third-order valence-electron chi connectivity index (χ3n) is 2.94. The van der Waals surface area contributed by atoms with Gasteiger partial charge in [-0.2, -0.15) is 0 Å². The molecule has 0 aliphatic rings. The zero-order valence-corrected chi connectivity index (χ0v) is 12.1. The van der Waals surface area contributed by atoms with E-state index in [1.165, 1.54) is 23.9 Å². The highest BCUT2D eigenvalue weighted by molar-refractivity contribution is 5.93. The molecular formula is C16H18N2O3. The van der Waals surface area contributed by atoms with Crippen LogP contribution >= 0.6 is 0 Å². The minimum atomic E-state index is -0.244.